The summed E-state index contributed by atoms with van der Waals surface area (Å²) in [5, 5.41) is 0. The fourth-order valence-corrected chi connectivity index (χ4v) is 7.86. The molecule has 5 nitrogen and oxygen atoms in total. The van der Waals surface area contributed by atoms with Gasteiger partial charge in [-0.25, -0.2) is 4.79 Å². The highest BCUT2D eigenvalue weighted by Gasteiger charge is 2.82. The highest BCUT2D eigenvalue weighted by Crippen LogP contribution is 2.76. The predicted molar refractivity (Wildman–Crippen MR) is 98.7 cm³/mol. The predicted octanol–water partition coefficient (Wildman–Crippen LogP) is 3.24. The second-order valence-electron chi connectivity index (χ2n) is 9.88. The van der Waals surface area contributed by atoms with Crippen molar-refractivity contribution in [2.24, 2.45) is 28.6 Å². The summed E-state index contributed by atoms with van der Waals surface area (Å²) in [5.41, 5.74) is -0.192. The monoisotopic (exact) mass is 374 g/mol. The fraction of sp³-hybridized carbons (Fsp3) is 0.773. The van der Waals surface area contributed by atoms with Gasteiger partial charge in [-0.05, 0) is 31.6 Å². The average Bonchev–Trinajstić information content (AvgIpc) is 3.28. The minimum Gasteiger partial charge on any atom is -0.455 e. The Hall–Kier alpha value is -1.17. The third-order valence-electron chi connectivity index (χ3n) is 8.56. The highest BCUT2D eigenvalue weighted by molar-refractivity contribution is 5.92. The van der Waals surface area contributed by atoms with E-state index in [-0.39, 0.29) is 46.8 Å². The lowest BCUT2D eigenvalue weighted by Gasteiger charge is -2.58. The zero-order valence-electron chi connectivity index (χ0n) is 16.9. The van der Waals surface area contributed by atoms with E-state index in [0.29, 0.717) is 18.8 Å². The van der Waals surface area contributed by atoms with E-state index in [2.05, 4.69) is 40.3 Å². The summed E-state index contributed by atoms with van der Waals surface area (Å²) in [4.78, 5) is 12.4. The molecule has 7 atom stereocenters. The Morgan fingerprint density at radius 1 is 1.15 bits per heavy atom. The number of carbonyl (C=O) groups is 1. The number of fused-ring (bicyclic) bond motifs is 8. The summed E-state index contributed by atoms with van der Waals surface area (Å²) < 4.78 is 25.4. The van der Waals surface area contributed by atoms with Gasteiger partial charge in [-0.15, -0.1) is 6.58 Å². The number of rotatable bonds is 1. The van der Waals surface area contributed by atoms with E-state index in [0.717, 1.165) is 6.42 Å². The first-order valence-electron chi connectivity index (χ1n) is 10.1. The summed E-state index contributed by atoms with van der Waals surface area (Å²) in [5.74, 6) is -0.626. The lowest BCUT2D eigenvalue weighted by molar-refractivity contribution is -0.312. The summed E-state index contributed by atoms with van der Waals surface area (Å²) in [6.07, 6.45) is 4.27. The van der Waals surface area contributed by atoms with Gasteiger partial charge < -0.3 is 18.9 Å². The number of hydrogen-bond donors (Lipinski definition) is 0. The maximum Gasteiger partial charge on any atom is 0.336 e. The molecule has 2 aliphatic carbocycles. The molecule has 1 spiro atoms. The van der Waals surface area contributed by atoms with Crippen molar-refractivity contribution < 1.29 is 23.7 Å². The van der Waals surface area contributed by atoms with E-state index in [1.165, 1.54) is 0 Å². The van der Waals surface area contributed by atoms with Crippen LogP contribution in [0.1, 0.15) is 41.0 Å². The molecule has 5 fully saturated rings. The van der Waals surface area contributed by atoms with Crippen molar-refractivity contribution >= 4 is 5.97 Å². The Balaban J connectivity index is 1.71. The minimum atomic E-state index is -0.701. The van der Waals surface area contributed by atoms with Crippen molar-refractivity contribution in [2.45, 2.75) is 64.6 Å². The van der Waals surface area contributed by atoms with Crippen LogP contribution in [0.2, 0.25) is 0 Å². The molecule has 0 N–H and O–H groups in total. The molecule has 0 aromatic carbocycles. The molecule has 3 saturated heterocycles. The van der Waals surface area contributed by atoms with Crippen LogP contribution < -0.4 is 0 Å². The molecule has 3 aliphatic heterocycles. The number of hydrogen-bond acceptors (Lipinski definition) is 5. The SMILES string of the molecule is C=C[C@H]1C(C)(C)C2(OCCO2)[C@H]2C[C@]1(C)[C@H]1[C@@H]3OC(=O)/C(=C/C)[C@@H]3O[C@@]21C. The van der Waals surface area contributed by atoms with Crippen molar-refractivity contribution in [3.8, 4) is 0 Å². The molecule has 3 heterocycles. The van der Waals surface area contributed by atoms with E-state index in [1.807, 2.05) is 13.0 Å². The number of carbonyl (C=O) groups excluding carboxylic acids is 1. The van der Waals surface area contributed by atoms with Gasteiger partial charge in [-0.3, -0.25) is 0 Å². The van der Waals surface area contributed by atoms with Crippen LogP contribution in [-0.4, -0.2) is 42.8 Å². The molecular weight excluding hydrogens is 344 g/mol. The molecule has 0 radical (unpaired) electrons. The van der Waals surface area contributed by atoms with Gasteiger partial charge in [0.1, 0.15) is 12.2 Å². The molecule has 148 valence electrons. The van der Waals surface area contributed by atoms with Gasteiger partial charge in [0.2, 0.25) is 0 Å². The Morgan fingerprint density at radius 2 is 1.81 bits per heavy atom. The van der Waals surface area contributed by atoms with Crippen LogP contribution in [0.4, 0.5) is 0 Å². The van der Waals surface area contributed by atoms with Gasteiger partial charge in [-0.1, -0.05) is 32.9 Å². The smallest absolute Gasteiger partial charge is 0.336 e. The van der Waals surface area contributed by atoms with Gasteiger partial charge in [0.15, 0.2) is 5.79 Å². The number of ether oxygens (including phenoxy) is 4. The molecule has 5 heteroatoms. The van der Waals surface area contributed by atoms with Gasteiger partial charge in [-0.2, -0.15) is 0 Å². The quantitative estimate of drug-likeness (QED) is 0.401. The van der Waals surface area contributed by atoms with Gasteiger partial charge in [0, 0.05) is 17.3 Å². The Morgan fingerprint density at radius 3 is 2.41 bits per heavy atom. The van der Waals surface area contributed by atoms with E-state index in [4.69, 9.17) is 18.9 Å². The van der Waals surface area contributed by atoms with Crippen LogP contribution in [0.5, 0.6) is 0 Å². The Kier molecular flexibility index (Phi) is 3.35. The second kappa shape index (κ2) is 5.05. The topological polar surface area (TPSA) is 54.0 Å². The van der Waals surface area contributed by atoms with E-state index in [1.54, 1.807) is 0 Å². The Bertz CT molecular complexity index is 748. The van der Waals surface area contributed by atoms with Crippen molar-refractivity contribution in [1.82, 2.24) is 0 Å². The van der Waals surface area contributed by atoms with Crippen LogP contribution in [0.3, 0.4) is 0 Å². The molecule has 0 aromatic rings. The first kappa shape index (κ1) is 17.9. The second-order valence-corrected chi connectivity index (χ2v) is 9.88. The first-order valence-corrected chi connectivity index (χ1v) is 10.1. The molecule has 27 heavy (non-hydrogen) atoms. The van der Waals surface area contributed by atoms with Crippen molar-refractivity contribution in [1.29, 1.82) is 0 Å². The van der Waals surface area contributed by atoms with Gasteiger partial charge >= 0.3 is 5.97 Å². The zero-order chi connectivity index (χ0) is 19.4. The third-order valence-corrected chi connectivity index (χ3v) is 8.56. The molecule has 0 amide bonds. The summed E-state index contributed by atoms with van der Waals surface area (Å²) in [7, 11) is 0. The van der Waals surface area contributed by atoms with Crippen LogP contribution >= 0.6 is 0 Å². The maximum absolute atomic E-state index is 12.4. The molecule has 0 unspecified atom stereocenters. The number of allylic oxidation sites excluding steroid dienone is 2. The summed E-state index contributed by atoms with van der Waals surface area (Å²) >= 11 is 0. The highest BCUT2D eigenvalue weighted by atomic mass is 16.7. The molecule has 2 bridgehead atoms. The molecule has 5 rings (SSSR count). The van der Waals surface area contributed by atoms with Gasteiger partial charge in [0.25, 0.3) is 0 Å². The van der Waals surface area contributed by atoms with Crippen LogP contribution in [0.15, 0.2) is 24.3 Å². The molecule has 5 aliphatic rings. The normalized spacial score (nSPS) is 52.9. The van der Waals surface area contributed by atoms with Crippen molar-refractivity contribution in [3.05, 3.63) is 24.3 Å². The zero-order valence-corrected chi connectivity index (χ0v) is 16.9. The lowest BCUT2D eigenvalue weighted by atomic mass is 9.52. The number of esters is 1. The van der Waals surface area contributed by atoms with Crippen molar-refractivity contribution in [3.63, 3.8) is 0 Å². The summed E-state index contributed by atoms with van der Waals surface area (Å²) in [6.45, 7) is 16.2. The van der Waals surface area contributed by atoms with E-state index in [9.17, 15) is 4.79 Å². The first-order chi connectivity index (χ1) is 12.7. The van der Waals surface area contributed by atoms with E-state index >= 15 is 0 Å². The average molecular weight is 374 g/mol. The van der Waals surface area contributed by atoms with Crippen LogP contribution in [0, 0.1) is 28.6 Å². The molecular formula is C22H30O5. The minimum absolute atomic E-state index is 0.0795. The molecule has 0 aromatic heterocycles. The fourth-order valence-electron chi connectivity index (χ4n) is 7.86. The van der Waals surface area contributed by atoms with Gasteiger partial charge in [0.05, 0.1) is 24.4 Å². The standard InChI is InChI=1S/C22H30O5/c1-7-12-15-16(26-18(12)23)17-20(5)11-14(21(17,6)27-15)22(24-9-10-25-22)19(3,4)13(20)8-2/h7-8,13-17H,2,9-11H2,1,3-6H3/b12-7+/t13-,14-,15-,16+,17+,20-,21-/m0/s1. The lowest BCUT2D eigenvalue weighted by Crippen LogP contribution is -2.62. The van der Waals surface area contributed by atoms with E-state index < -0.39 is 11.4 Å². The van der Waals surface area contributed by atoms with Crippen LogP contribution in [-0.2, 0) is 23.7 Å². The molecule has 2 saturated carbocycles. The maximum atomic E-state index is 12.4. The van der Waals surface area contributed by atoms with Crippen LogP contribution in [0.25, 0.3) is 0 Å². The largest absolute Gasteiger partial charge is 0.455 e. The Labute approximate surface area is 161 Å². The third kappa shape index (κ3) is 1.72. The van der Waals surface area contributed by atoms with Crippen molar-refractivity contribution in [2.75, 3.05) is 13.2 Å². The summed E-state index contributed by atoms with van der Waals surface area (Å²) in [6, 6.07) is 0.